The van der Waals surface area contributed by atoms with Gasteiger partial charge in [0.1, 0.15) is 11.0 Å². The maximum absolute atomic E-state index is 12.8. The summed E-state index contributed by atoms with van der Waals surface area (Å²) < 4.78 is 20.5. The molecule has 2 aromatic rings. The second kappa shape index (κ2) is 6.61. The number of hydrogen-bond donors (Lipinski definition) is 1. The minimum Gasteiger partial charge on any atom is -0.446 e. The Kier molecular flexibility index (Phi) is 4.56. The molecule has 122 valence electrons. The van der Waals surface area contributed by atoms with Crippen LogP contribution in [0.2, 0.25) is 0 Å². The van der Waals surface area contributed by atoms with Gasteiger partial charge in [-0.25, -0.2) is 8.51 Å². The van der Waals surface area contributed by atoms with Crippen LogP contribution >= 0.6 is 0 Å². The molecule has 1 aliphatic rings. The van der Waals surface area contributed by atoms with E-state index >= 15 is 0 Å². The van der Waals surface area contributed by atoms with Gasteiger partial charge >= 0.3 is 0 Å². The van der Waals surface area contributed by atoms with E-state index in [4.69, 9.17) is 5.73 Å². The Morgan fingerprint density at radius 1 is 1.35 bits per heavy atom. The molecule has 8 heteroatoms. The van der Waals surface area contributed by atoms with Crippen molar-refractivity contribution in [3.8, 4) is 0 Å². The van der Waals surface area contributed by atoms with Crippen LogP contribution in [0.1, 0.15) is 6.42 Å². The molecule has 0 radical (unpaired) electrons. The third kappa shape index (κ3) is 3.05. The largest absolute Gasteiger partial charge is 0.446 e. The number of nitrogens with zero attached hydrogens (tertiary/aromatic N) is 2. The van der Waals surface area contributed by atoms with Gasteiger partial charge in [0.25, 0.3) is 12.0 Å². The predicted molar refractivity (Wildman–Crippen MR) is 85.9 cm³/mol. The van der Waals surface area contributed by atoms with Gasteiger partial charge in [-0.1, -0.05) is 6.07 Å². The number of hydrogen-bond acceptors (Lipinski definition) is 5. The lowest BCUT2D eigenvalue weighted by atomic mass is 10.2. The lowest BCUT2D eigenvalue weighted by Gasteiger charge is -2.16. The number of benzene rings is 1. The molecule has 1 aromatic carbocycles. The summed E-state index contributed by atoms with van der Waals surface area (Å²) in [6.07, 6.45) is 2.34. The second-order valence-electron chi connectivity index (χ2n) is 5.39. The molecular weight excluding hydrogens is 318 g/mol. The lowest BCUT2D eigenvalue weighted by Crippen LogP contribution is -2.28. The minimum absolute atomic E-state index is 0.0339. The average molecular weight is 335 g/mol. The zero-order valence-electron chi connectivity index (χ0n) is 12.4. The van der Waals surface area contributed by atoms with Gasteiger partial charge in [-0.05, 0) is 24.6 Å². The van der Waals surface area contributed by atoms with E-state index < -0.39 is 11.0 Å². The Hall–Kier alpha value is -2.03. The first-order chi connectivity index (χ1) is 11.1. The summed E-state index contributed by atoms with van der Waals surface area (Å²) >= 11 is 0. The maximum Gasteiger partial charge on any atom is 0.294 e. The van der Waals surface area contributed by atoms with Crippen molar-refractivity contribution in [2.24, 2.45) is 5.73 Å². The molecule has 23 heavy (non-hydrogen) atoms. The molecule has 0 bridgehead atoms. The summed E-state index contributed by atoms with van der Waals surface area (Å²) in [5.41, 5.74) is 5.58. The standard InChI is InChI=1S/C15H17N3O4S/c16-11-4-7-18(8-11)23(21)14-3-1-2-13-12(14)5-6-17(15(13)20)9-22-10-19/h1-3,5-6,10-11H,4,7-9,16H2. The number of aromatic nitrogens is 1. The van der Waals surface area contributed by atoms with E-state index in [1.165, 1.54) is 10.8 Å². The van der Waals surface area contributed by atoms with Gasteiger partial charge in [-0.15, -0.1) is 0 Å². The number of nitrogens with two attached hydrogens (primary N) is 1. The average Bonchev–Trinajstić information content (AvgIpc) is 3.00. The number of rotatable bonds is 5. The summed E-state index contributed by atoms with van der Waals surface area (Å²) in [6, 6.07) is 6.89. The zero-order chi connectivity index (χ0) is 16.4. The van der Waals surface area contributed by atoms with E-state index in [0.29, 0.717) is 35.2 Å². The van der Waals surface area contributed by atoms with Crippen LogP contribution < -0.4 is 11.3 Å². The van der Waals surface area contributed by atoms with Crippen LogP contribution in [0.4, 0.5) is 0 Å². The Labute approximate surface area is 135 Å². The third-order valence-corrected chi connectivity index (χ3v) is 5.40. The van der Waals surface area contributed by atoms with Crippen LogP contribution in [0.5, 0.6) is 0 Å². The van der Waals surface area contributed by atoms with Gasteiger partial charge < -0.3 is 10.5 Å². The smallest absolute Gasteiger partial charge is 0.294 e. The van der Waals surface area contributed by atoms with Crippen molar-refractivity contribution in [1.82, 2.24) is 8.87 Å². The van der Waals surface area contributed by atoms with Crippen molar-refractivity contribution in [3.63, 3.8) is 0 Å². The van der Waals surface area contributed by atoms with Gasteiger partial charge in [0.05, 0.1) is 4.90 Å². The fourth-order valence-electron chi connectivity index (χ4n) is 2.70. The SMILES string of the molecule is NC1CCN(S(=O)c2cccc3c(=O)n(COC=O)ccc23)C1. The van der Waals surface area contributed by atoms with Crippen molar-refractivity contribution in [3.05, 3.63) is 40.8 Å². The topological polar surface area (TPSA) is 94.6 Å². The van der Waals surface area contributed by atoms with Gasteiger partial charge in [0.2, 0.25) is 0 Å². The summed E-state index contributed by atoms with van der Waals surface area (Å²) in [5.74, 6) is 0. The highest BCUT2D eigenvalue weighted by Crippen LogP contribution is 2.23. The van der Waals surface area contributed by atoms with Gasteiger partial charge in [-0.2, -0.15) is 0 Å². The minimum atomic E-state index is -1.36. The highest BCUT2D eigenvalue weighted by Gasteiger charge is 2.25. The molecule has 2 unspecified atom stereocenters. The zero-order valence-corrected chi connectivity index (χ0v) is 13.2. The normalized spacial score (nSPS) is 19.8. The molecular formula is C15H17N3O4S. The highest BCUT2D eigenvalue weighted by atomic mass is 32.2. The van der Waals surface area contributed by atoms with E-state index in [1.807, 2.05) is 4.31 Å². The highest BCUT2D eigenvalue weighted by molar-refractivity contribution is 7.83. The fraction of sp³-hybridized carbons (Fsp3) is 0.333. The number of fused-ring (bicyclic) bond motifs is 1. The Bertz CT molecular complexity index is 820. The van der Waals surface area contributed by atoms with E-state index in [1.54, 1.807) is 24.3 Å². The molecule has 2 N–H and O–H groups in total. The molecule has 3 rings (SSSR count). The van der Waals surface area contributed by atoms with Crippen molar-refractivity contribution < 1.29 is 13.7 Å². The molecule has 1 saturated heterocycles. The number of carbonyl (C=O) groups excluding carboxylic acids is 1. The monoisotopic (exact) mass is 335 g/mol. The van der Waals surface area contributed by atoms with E-state index in [9.17, 15) is 13.8 Å². The van der Waals surface area contributed by atoms with Crippen molar-refractivity contribution in [2.75, 3.05) is 13.1 Å². The van der Waals surface area contributed by atoms with Crippen molar-refractivity contribution in [2.45, 2.75) is 24.1 Å². The summed E-state index contributed by atoms with van der Waals surface area (Å²) in [7, 11) is -1.36. The van der Waals surface area contributed by atoms with Gasteiger partial charge in [0.15, 0.2) is 6.73 Å². The Balaban J connectivity index is 2.02. The molecule has 2 atom stereocenters. The predicted octanol–water partition coefficient (Wildman–Crippen LogP) is 0.188. The fourth-order valence-corrected chi connectivity index (χ4v) is 4.14. The summed E-state index contributed by atoms with van der Waals surface area (Å²) in [4.78, 5) is 23.3. The van der Waals surface area contributed by atoms with Crippen LogP contribution in [-0.4, -0.2) is 38.7 Å². The van der Waals surface area contributed by atoms with Crippen LogP contribution in [0.3, 0.4) is 0 Å². The first kappa shape index (κ1) is 15.9. The first-order valence-electron chi connectivity index (χ1n) is 7.21. The van der Waals surface area contributed by atoms with Crippen LogP contribution in [0.15, 0.2) is 40.2 Å². The molecule has 2 heterocycles. The number of pyridine rings is 1. The molecule has 0 spiro atoms. The molecule has 0 saturated carbocycles. The number of ether oxygens (including phenoxy) is 1. The maximum atomic E-state index is 12.8. The van der Waals surface area contributed by atoms with Crippen LogP contribution in [0.25, 0.3) is 10.8 Å². The lowest BCUT2D eigenvalue weighted by molar-refractivity contribution is -0.132. The molecule has 0 aliphatic carbocycles. The number of carbonyl (C=O) groups is 1. The Morgan fingerprint density at radius 3 is 2.87 bits per heavy atom. The van der Waals surface area contributed by atoms with Crippen molar-refractivity contribution in [1.29, 1.82) is 0 Å². The molecule has 1 fully saturated rings. The Morgan fingerprint density at radius 2 is 2.17 bits per heavy atom. The van der Waals surface area contributed by atoms with Crippen LogP contribution in [-0.2, 0) is 27.2 Å². The van der Waals surface area contributed by atoms with E-state index in [0.717, 1.165) is 6.42 Å². The summed E-state index contributed by atoms with van der Waals surface area (Å²) in [6.45, 7) is 1.40. The first-order valence-corrected chi connectivity index (χ1v) is 8.32. The molecule has 0 amide bonds. The van der Waals surface area contributed by atoms with Gasteiger partial charge in [0, 0.05) is 36.1 Å². The molecule has 7 nitrogen and oxygen atoms in total. The summed E-state index contributed by atoms with van der Waals surface area (Å²) in [5, 5.41) is 1.08. The van der Waals surface area contributed by atoms with Crippen LogP contribution in [0, 0.1) is 0 Å². The van der Waals surface area contributed by atoms with E-state index in [2.05, 4.69) is 4.74 Å². The van der Waals surface area contributed by atoms with Gasteiger partial charge in [-0.3, -0.25) is 14.2 Å². The second-order valence-corrected chi connectivity index (χ2v) is 6.84. The molecule has 1 aromatic heterocycles. The molecule has 1 aliphatic heterocycles. The van der Waals surface area contributed by atoms with Crippen molar-refractivity contribution >= 4 is 28.2 Å². The third-order valence-electron chi connectivity index (χ3n) is 3.87. The van der Waals surface area contributed by atoms with E-state index in [-0.39, 0.29) is 18.3 Å². The quantitative estimate of drug-likeness (QED) is 0.787.